The van der Waals surface area contributed by atoms with Crippen LogP contribution in [0.2, 0.25) is 10.0 Å². The Balaban J connectivity index is 2.65. The fourth-order valence-electron chi connectivity index (χ4n) is 2.74. The van der Waals surface area contributed by atoms with Gasteiger partial charge in [-0.15, -0.1) is 11.3 Å². The summed E-state index contributed by atoms with van der Waals surface area (Å²) in [6.45, 7) is 4.77. The molecule has 2 amide bonds. The lowest BCUT2D eigenvalue weighted by Gasteiger charge is -2.19. The van der Waals surface area contributed by atoms with Gasteiger partial charge in [-0.05, 0) is 26.8 Å². The number of nitrogen functional groups attached to an aromatic ring is 1. The molecule has 0 saturated carbocycles. The Kier molecular flexibility index (Phi) is 8.93. The van der Waals surface area contributed by atoms with Crippen LogP contribution in [0.5, 0.6) is 0 Å². The van der Waals surface area contributed by atoms with Crippen molar-refractivity contribution in [3.05, 3.63) is 32.9 Å². The Hall–Kier alpha value is -1.97. The van der Waals surface area contributed by atoms with E-state index in [2.05, 4.69) is 4.98 Å². The normalized spacial score (nSPS) is 13.0. The SMILES string of the molecule is CCN(CC)C(=O)c1nc(C(=O)NN)sc1-c1ccc(S(=O)(=O)NC(C)C(F)(F)F)c(Cl)c1Cl. The number of nitrogens with one attached hydrogen (secondary N) is 2. The Bertz CT molecular complexity index is 1200. The van der Waals surface area contributed by atoms with Gasteiger partial charge in [0, 0.05) is 18.7 Å². The number of hydrogen-bond donors (Lipinski definition) is 3. The maximum atomic E-state index is 13.0. The van der Waals surface area contributed by atoms with Gasteiger partial charge < -0.3 is 4.90 Å². The Morgan fingerprint density at radius 2 is 1.79 bits per heavy atom. The highest BCUT2D eigenvalue weighted by Gasteiger charge is 2.39. The zero-order valence-electron chi connectivity index (χ0n) is 18.0. The number of carbonyl (C=O) groups excluding carboxylic acids is 2. The van der Waals surface area contributed by atoms with Gasteiger partial charge in [-0.3, -0.25) is 15.0 Å². The molecule has 1 heterocycles. The number of hydrazine groups is 1. The smallest absolute Gasteiger partial charge is 0.338 e. The lowest BCUT2D eigenvalue weighted by atomic mass is 10.1. The van der Waals surface area contributed by atoms with Crippen molar-refractivity contribution < 1.29 is 31.2 Å². The molecular formula is C18H20Cl2F3N5O4S2. The quantitative estimate of drug-likeness (QED) is 0.257. The number of thiazole rings is 1. The molecule has 0 spiro atoms. The molecule has 0 saturated heterocycles. The molecule has 0 radical (unpaired) electrons. The van der Waals surface area contributed by atoms with Gasteiger partial charge in [-0.25, -0.2) is 19.2 Å². The first-order valence-electron chi connectivity index (χ1n) is 9.57. The number of nitrogens with two attached hydrogens (primary N) is 1. The number of nitrogens with zero attached hydrogens (tertiary/aromatic N) is 2. The van der Waals surface area contributed by atoms with Crippen molar-refractivity contribution in [2.24, 2.45) is 5.84 Å². The number of hydrogen-bond acceptors (Lipinski definition) is 7. The van der Waals surface area contributed by atoms with Crippen LogP contribution in [0.3, 0.4) is 0 Å². The molecule has 1 unspecified atom stereocenters. The monoisotopic (exact) mass is 561 g/mol. The molecule has 0 aliphatic carbocycles. The predicted molar refractivity (Wildman–Crippen MR) is 122 cm³/mol. The van der Waals surface area contributed by atoms with Gasteiger partial charge in [0.25, 0.3) is 11.8 Å². The van der Waals surface area contributed by atoms with E-state index in [1.54, 1.807) is 13.8 Å². The fourth-order valence-corrected chi connectivity index (χ4v) is 5.89. The summed E-state index contributed by atoms with van der Waals surface area (Å²) in [5.74, 6) is 3.84. The predicted octanol–water partition coefficient (Wildman–Crippen LogP) is 3.43. The van der Waals surface area contributed by atoms with Gasteiger partial charge in [0.1, 0.15) is 16.6 Å². The summed E-state index contributed by atoms with van der Waals surface area (Å²) in [4.78, 5) is 29.9. The molecule has 0 aliphatic rings. The zero-order chi connectivity index (χ0) is 26.0. The van der Waals surface area contributed by atoms with Gasteiger partial charge in [0.2, 0.25) is 10.0 Å². The molecule has 0 bridgehead atoms. The average Bonchev–Trinajstić information content (AvgIpc) is 3.19. The molecule has 2 rings (SSSR count). The first kappa shape index (κ1) is 28.3. The van der Waals surface area contributed by atoms with Crippen LogP contribution in [0.4, 0.5) is 13.2 Å². The summed E-state index contributed by atoms with van der Waals surface area (Å²) < 4.78 is 65.0. The maximum Gasteiger partial charge on any atom is 0.404 e. The van der Waals surface area contributed by atoms with E-state index in [1.165, 1.54) is 9.62 Å². The number of carbonyl (C=O) groups is 2. The molecule has 188 valence electrons. The summed E-state index contributed by atoms with van der Waals surface area (Å²) in [6, 6.07) is -0.273. The van der Waals surface area contributed by atoms with Crippen molar-refractivity contribution in [3.63, 3.8) is 0 Å². The van der Waals surface area contributed by atoms with Gasteiger partial charge in [-0.1, -0.05) is 29.3 Å². The van der Waals surface area contributed by atoms with E-state index in [1.807, 2.05) is 5.43 Å². The van der Waals surface area contributed by atoms with Gasteiger partial charge in [0.05, 0.1) is 14.9 Å². The minimum absolute atomic E-state index is 0.0542. The first-order valence-corrected chi connectivity index (χ1v) is 12.6. The minimum Gasteiger partial charge on any atom is -0.338 e. The second kappa shape index (κ2) is 10.7. The van der Waals surface area contributed by atoms with Crippen LogP contribution < -0.4 is 16.0 Å². The van der Waals surface area contributed by atoms with Crippen molar-refractivity contribution in [2.75, 3.05) is 13.1 Å². The highest BCUT2D eigenvalue weighted by molar-refractivity contribution is 7.89. The topological polar surface area (TPSA) is 134 Å². The van der Waals surface area contributed by atoms with Crippen molar-refractivity contribution in [1.29, 1.82) is 0 Å². The molecule has 0 aliphatic heterocycles. The van der Waals surface area contributed by atoms with Crippen molar-refractivity contribution in [1.82, 2.24) is 20.0 Å². The molecule has 1 atom stereocenters. The van der Waals surface area contributed by atoms with E-state index in [0.29, 0.717) is 20.0 Å². The summed E-state index contributed by atoms with van der Waals surface area (Å²) in [5.41, 5.74) is 1.81. The second-order valence-corrected chi connectivity index (χ2v) is 10.2. The number of alkyl halides is 3. The summed E-state index contributed by atoms with van der Waals surface area (Å²) in [6.07, 6.45) is -4.83. The third-order valence-electron chi connectivity index (χ3n) is 4.61. The number of halogens is 5. The van der Waals surface area contributed by atoms with E-state index >= 15 is 0 Å². The maximum absolute atomic E-state index is 13.0. The fraction of sp³-hybridized carbons (Fsp3) is 0.389. The van der Waals surface area contributed by atoms with E-state index in [9.17, 15) is 31.2 Å². The van der Waals surface area contributed by atoms with Gasteiger partial charge >= 0.3 is 6.18 Å². The van der Waals surface area contributed by atoms with E-state index in [-0.39, 0.29) is 26.2 Å². The van der Waals surface area contributed by atoms with Crippen molar-refractivity contribution in [3.8, 4) is 10.4 Å². The largest absolute Gasteiger partial charge is 0.404 e. The molecule has 2 aromatic rings. The van der Waals surface area contributed by atoms with Gasteiger partial charge in [-0.2, -0.15) is 17.9 Å². The first-order chi connectivity index (χ1) is 15.7. The van der Waals surface area contributed by atoms with E-state index in [4.69, 9.17) is 29.0 Å². The lowest BCUT2D eigenvalue weighted by Crippen LogP contribution is -2.43. The number of benzene rings is 1. The van der Waals surface area contributed by atoms with Crippen LogP contribution >= 0.6 is 34.5 Å². The average molecular weight is 562 g/mol. The molecule has 34 heavy (non-hydrogen) atoms. The molecule has 16 heteroatoms. The molecule has 1 aromatic carbocycles. The Labute approximate surface area is 207 Å². The highest BCUT2D eigenvalue weighted by Crippen LogP contribution is 2.42. The van der Waals surface area contributed by atoms with Crippen LogP contribution in [-0.2, 0) is 10.0 Å². The second-order valence-electron chi connectivity index (χ2n) is 6.77. The standard InChI is InChI=1S/C18H20Cl2F3N5O4S2/c1-4-28(5-2)17(30)13-14(33-16(25-13)15(29)26-24)9-6-7-10(12(20)11(9)19)34(31,32)27-8(3)18(21,22)23/h6-8,27H,4-5,24H2,1-3H3,(H,26,29). The molecular weight excluding hydrogens is 542 g/mol. The number of rotatable bonds is 8. The molecule has 4 N–H and O–H groups in total. The minimum atomic E-state index is -4.83. The third-order valence-corrected chi connectivity index (χ3v) is 8.27. The third kappa shape index (κ3) is 5.80. The summed E-state index contributed by atoms with van der Waals surface area (Å²) in [5, 5.41) is -1.10. The lowest BCUT2D eigenvalue weighted by molar-refractivity contribution is -0.147. The molecule has 1 aromatic heterocycles. The van der Waals surface area contributed by atoms with Gasteiger partial charge in [0.15, 0.2) is 5.01 Å². The zero-order valence-corrected chi connectivity index (χ0v) is 21.1. The summed E-state index contributed by atoms with van der Waals surface area (Å²) >= 11 is 13.2. The summed E-state index contributed by atoms with van der Waals surface area (Å²) in [7, 11) is -4.71. The van der Waals surface area contributed by atoms with E-state index in [0.717, 1.165) is 23.5 Å². The van der Waals surface area contributed by atoms with Crippen molar-refractivity contribution in [2.45, 2.75) is 37.9 Å². The van der Waals surface area contributed by atoms with Crippen LogP contribution in [0.25, 0.3) is 10.4 Å². The number of amides is 2. The van der Waals surface area contributed by atoms with Crippen molar-refractivity contribution >= 4 is 56.4 Å². The molecule has 9 nitrogen and oxygen atoms in total. The Morgan fingerprint density at radius 3 is 2.29 bits per heavy atom. The highest BCUT2D eigenvalue weighted by atomic mass is 35.5. The Morgan fingerprint density at radius 1 is 1.21 bits per heavy atom. The van der Waals surface area contributed by atoms with Crippen LogP contribution in [-0.4, -0.2) is 55.4 Å². The van der Waals surface area contributed by atoms with Crippen LogP contribution in [0, 0.1) is 0 Å². The van der Waals surface area contributed by atoms with Crippen LogP contribution in [0.1, 0.15) is 41.1 Å². The molecule has 0 fully saturated rings. The number of sulfonamides is 1. The van der Waals surface area contributed by atoms with E-state index < -0.39 is 44.0 Å². The number of aromatic nitrogens is 1. The van der Waals surface area contributed by atoms with Crippen LogP contribution in [0.15, 0.2) is 17.0 Å².